The molecule has 2 aromatic rings. The first-order valence-electron chi connectivity index (χ1n) is 7.21. The van der Waals surface area contributed by atoms with Crippen LogP contribution in [0.25, 0.3) is 0 Å². The standard InChI is InChI=1S/C17H14ClFN2O2/c18-14-7-6-11(9-15(14)21-8-2-5-16(21)22)17(23)20-13-4-1-3-12(19)10-13/h1,3-4,6-7,9-10H,2,5,8H2,(H,20,23). The molecule has 2 aromatic carbocycles. The van der Waals surface area contributed by atoms with Crippen LogP contribution in [0.1, 0.15) is 23.2 Å². The lowest BCUT2D eigenvalue weighted by molar-refractivity contribution is -0.117. The first kappa shape index (κ1) is 15.5. The molecule has 1 N–H and O–H groups in total. The fraction of sp³-hybridized carbons (Fsp3) is 0.176. The molecule has 0 saturated carbocycles. The summed E-state index contributed by atoms with van der Waals surface area (Å²) in [6, 6.07) is 10.4. The van der Waals surface area contributed by atoms with E-state index in [-0.39, 0.29) is 11.8 Å². The summed E-state index contributed by atoms with van der Waals surface area (Å²) in [7, 11) is 0. The second-order valence-electron chi connectivity index (χ2n) is 5.28. The van der Waals surface area contributed by atoms with Crippen LogP contribution < -0.4 is 10.2 Å². The highest BCUT2D eigenvalue weighted by Gasteiger charge is 2.24. The number of rotatable bonds is 3. The average molecular weight is 333 g/mol. The van der Waals surface area contributed by atoms with Gasteiger partial charge in [-0.25, -0.2) is 4.39 Å². The number of benzene rings is 2. The SMILES string of the molecule is O=C(Nc1cccc(F)c1)c1ccc(Cl)c(N2CCCC2=O)c1. The van der Waals surface area contributed by atoms with Crippen molar-refractivity contribution in [2.24, 2.45) is 0 Å². The van der Waals surface area contributed by atoms with Gasteiger partial charge in [0, 0.05) is 24.2 Å². The Balaban J connectivity index is 1.85. The molecule has 0 unspecified atom stereocenters. The molecule has 4 nitrogen and oxygen atoms in total. The number of halogens is 2. The third-order valence-corrected chi connectivity index (χ3v) is 3.97. The number of amides is 2. The molecular weight excluding hydrogens is 319 g/mol. The summed E-state index contributed by atoms with van der Waals surface area (Å²) < 4.78 is 13.2. The monoisotopic (exact) mass is 332 g/mol. The van der Waals surface area contributed by atoms with E-state index in [0.717, 1.165) is 6.42 Å². The Morgan fingerprint density at radius 2 is 2.04 bits per heavy atom. The van der Waals surface area contributed by atoms with Gasteiger partial charge in [0.2, 0.25) is 5.91 Å². The maximum absolute atomic E-state index is 13.2. The molecule has 0 aromatic heterocycles. The minimum Gasteiger partial charge on any atom is -0.322 e. The highest BCUT2D eigenvalue weighted by molar-refractivity contribution is 6.34. The molecule has 1 heterocycles. The van der Waals surface area contributed by atoms with Crippen LogP contribution in [0.5, 0.6) is 0 Å². The van der Waals surface area contributed by atoms with Crippen LogP contribution >= 0.6 is 11.6 Å². The van der Waals surface area contributed by atoms with Crippen LogP contribution in [0.15, 0.2) is 42.5 Å². The third-order valence-electron chi connectivity index (χ3n) is 3.66. The Kier molecular flexibility index (Phi) is 4.30. The minimum absolute atomic E-state index is 0.00501. The molecule has 2 amide bonds. The molecule has 1 fully saturated rings. The van der Waals surface area contributed by atoms with Gasteiger partial charge in [-0.2, -0.15) is 0 Å². The zero-order valence-electron chi connectivity index (χ0n) is 12.2. The maximum atomic E-state index is 13.2. The molecule has 118 valence electrons. The van der Waals surface area contributed by atoms with Gasteiger partial charge in [0.15, 0.2) is 0 Å². The molecule has 0 radical (unpaired) electrons. The van der Waals surface area contributed by atoms with Gasteiger partial charge in [0.25, 0.3) is 5.91 Å². The van der Waals surface area contributed by atoms with E-state index in [1.54, 1.807) is 29.2 Å². The van der Waals surface area contributed by atoms with Crippen molar-refractivity contribution in [3.05, 3.63) is 58.9 Å². The van der Waals surface area contributed by atoms with Gasteiger partial charge in [-0.05, 0) is 42.8 Å². The largest absolute Gasteiger partial charge is 0.322 e. The number of nitrogens with one attached hydrogen (secondary N) is 1. The van der Waals surface area contributed by atoms with Crippen LogP contribution in [0.3, 0.4) is 0 Å². The molecule has 0 bridgehead atoms. The zero-order valence-corrected chi connectivity index (χ0v) is 12.9. The lowest BCUT2D eigenvalue weighted by Gasteiger charge is -2.18. The number of carbonyl (C=O) groups excluding carboxylic acids is 2. The van der Waals surface area contributed by atoms with Gasteiger partial charge in [0.1, 0.15) is 5.82 Å². The second kappa shape index (κ2) is 6.38. The van der Waals surface area contributed by atoms with Crippen molar-refractivity contribution in [1.82, 2.24) is 0 Å². The molecule has 0 atom stereocenters. The van der Waals surface area contributed by atoms with Gasteiger partial charge in [-0.15, -0.1) is 0 Å². The molecule has 1 aliphatic rings. The fourth-order valence-corrected chi connectivity index (χ4v) is 2.75. The first-order valence-corrected chi connectivity index (χ1v) is 7.59. The van der Waals surface area contributed by atoms with Gasteiger partial charge in [0.05, 0.1) is 10.7 Å². The summed E-state index contributed by atoms with van der Waals surface area (Å²) in [5.41, 5.74) is 1.25. The van der Waals surface area contributed by atoms with Crippen LogP contribution in [0.4, 0.5) is 15.8 Å². The highest BCUT2D eigenvalue weighted by atomic mass is 35.5. The number of nitrogens with zero attached hydrogens (tertiary/aromatic N) is 1. The molecule has 0 spiro atoms. The molecular formula is C17H14ClFN2O2. The van der Waals surface area contributed by atoms with Crippen LogP contribution in [-0.4, -0.2) is 18.4 Å². The van der Waals surface area contributed by atoms with Crippen LogP contribution in [0, 0.1) is 5.82 Å². The van der Waals surface area contributed by atoms with Gasteiger partial charge >= 0.3 is 0 Å². The quantitative estimate of drug-likeness (QED) is 0.928. The van der Waals surface area contributed by atoms with E-state index >= 15 is 0 Å². The summed E-state index contributed by atoms with van der Waals surface area (Å²) in [6.45, 7) is 0.591. The summed E-state index contributed by atoms with van der Waals surface area (Å²) in [5, 5.41) is 3.04. The lowest BCUT2D eigenvalue weighted by Crippen LogP contribution is -2.24. The van der Waals surface area contributed by atoms with Crippen molar-refractivity contribution < 1.29 is 14.0 Å². The van der Waals surface area contributed by atoms with E-state index in [1.807, 2.05) is 0 Å². The van der Waals surface area contributed by atoms with Gasteiger partial charge in [-0.3, -0.25) is 9.59 Å². The molecule has 1 aliphatic heterocycles. The Bertz CT molecular complexity index is 779. The van der Waals surface area contributed by atoms with Gasteiger partial charge < -0.3 is 10.2 Å². The second-order valence-corrected chi connectivity index (χ2v) is 5.69. The lowest BCUT2D eigenvalue weighted by atomic mass is 10.1. The number of carbonyl (C=O) groups is 2. The van der Waals surface area contributed by atoms with Crippen molar-refractivity contribution in [2.75, 3.05) is 16.8 Å². The van der Waals surface area contributed by atoms with Gasteiger partial charge in [-0.1, -0.05) is 17.7 Å². The Morgan fingerprint density at radius 3 is 2.74 bits per heavy atom. The van der Waals surface area contributed by atoms with Crippen LogP contribution in [0.2, 0.25) is 5.02 Å². The average Bonchev–Trinajstić information content (AvgIpc) is 2.93. The maximum Gasteiger partial charge on any atom is 0.255 e. The topological polar surface area (TPSA) is 49.4 Å². The summed E-state index contributed by atoms with van der Waals surface area (Å²) in [5.74, 6) is -0.822. The molecule has 3 rings (SSSR count). The van der Waals surface area contributed by atoms with Crippen molar-refractivity contribution in [3.63, 3.8) is 0 Å². The molecule has 23 heavy (non-hydrogen) atoms. The van der Waals surface area contributed by atoms with Crippen molar-refractivity contribution in [2.45, 2.75) is 12.8 Å². The number of hydrogen-bond donors (Lipinski definition) is 1. The molecule has 6 heteroatoms. The first-order chi connectivity index (χ1) is 11.0. The zero-order chi connectivity index (χ0) is 16.4. The third kappa shape index (κ3) is 3.35. The Morgan fingerprint density at radius 1 is 1.22 bits per heavy atom. The van der Waals surface area contributed by atoms with E-state index < -0.39 is 5.82 Å². The normalized spacial score (nSPS) is 14.2. The number of hydrogen-bond acceptors (Lipinski definition) is 2. The smallest absolute Gasteiger partial charge is 0.255 e. The minimum atomic E-state index is -0.428. The molecule has 1 saturated heterocycles. The summed E-state index contributed by atoms with van der Waals surface area (Å²) in [4.78, 5) is 25.8. The van der Waals surface area contributed by atoms with Crippen molar-refractivity contribution in [1.29, 1.82) is 0 Å². The number of anilines is 2. The highest BCUT2D eigenvalue weighted by Crippen LogP contribution is 2.30. The Hall–Kier alpha value is -2.40. The van der Waals surface area contributed by atoms with Crippen LogP contribution in [-0.2, 0) is 4.79 Å². The summed E-state index contributed by atoms with van der Waals surface area (Å²) >= 11 is 6.15. The predicted molar refractivity (Wildman–Crippen MR) is 87.4 cm³/mol. The fourth-order valence-electron chi connectivity index (χ4n) is 2.53. The van der Waals surface area contributed by atoms with E-state index in [4.69, 9.17) is 11.6 Å². The van der Waals surface area contributed by atoms with E-state index in [9.17, 15) is 14.0 Å². The summed E-state index contributed by atoms with van der Waals surface area (Å²) in [6.07, 6.45) is 1.25. The van der Waals surface area contributed by atoms with E-state index in [0.29, 0.717) is 34.9 Å². The van der Waals surface area contributed by atoms with Crippen molar-refractivity contribution >= 4 is 34.8 Å². The van der Waals surface area contributed by atoms with E-state index in [1.165, 1.54) is 18.2 Å². The van der Waals surface area contributed by atoms with E-state index in [2.05, 4.69) is 5.32 Å². The Labute approximate surface area is 137 Å². The predicted octanol–water partition coefficient (Wildman–Crippen LogP) is 3.86. The van der Waals surface area contributed by atoms with Crippen molar-refractivity contribution in [3.8, 4) is 0 Å². The molecule has 0 aliphatic carbocycles.